The smallest absolute Gasteiger partial charge is 0.224 e. The van der Waals surface area contributed by atoms with Gasteiger partial charge in [0.25, 0.3) is 0 Å². The zero-order valence-corrected chi connectivity index (χ0v) is 16.3. The molecule has 6 heteroatoms. The molecule has 150 valence electrons. The summed E-state index contributed by atoms with van der Waals surface area (Å²) in [5, 5.41) is 0. The van der Waals surface area contributed by atoms with Crippen molar-refractivity contribution in [3.05, 3.63) is 35.6 Å². The fourth-order valence-electron chi connectivity index (χ4n) is 3.92. The largest absolute Gasteiger partial charge is 0.378 e. The van der Waals surface area contributed by atoms with Crippen LogP contribution in [0.5, 0.6) is 0 Å². The van der Waals surface area contributed by atoms with Crippen LogP contribution >= 0.6 is 0 Å². The average Bonchev–Trinajstić information content (AvgIpc) is 3.34. The Hall–Kier alpha value is -1.50. The molecule has 0 aromatic heterocycles. The Morgan fingerprint density at radius 1 is 1.22 bits per heavy atom. The van der Waals surface area contributed by atoms with E-state index in [-0.39, 0.29) is 23.9 Å². The van der Waals surface area contributed by atoms with Crippen LogP contribution in [-0.4, -0.2) is 43.2 Å². The van der Waals surface area contributed by atoms with Crippen LogP contribution in [-0.2, 0) is 9.53 Å². The lowest BCUT2D eigenvalue weighted by Crippen LogP contribution is -2.31. The second-order valence-corrected chi connectivity index (χ2v) is 7.83. The Labute approximate surface area is 161 Å². The van der Waals surface area contributed by atoms with Crippen LogP contribution in [0.25, 0.3) is 0 Å². The van der Waals surface area contributed by atoms with Gasteiger partial charge in [-0.05, 0) is 49.8 Å². The third-order valence-electron chi connectivity index (χ3n) is 5.65. The van der Waals surface area contributed by atoms with E-state index in [1.54, 1.807) is 0 Å². The Balaban J connectivity index is 1.26. The normalized spacial score (nSPS) is 25.0. The highest BCUT2D eigenvalue weighted by Crippen LogP contribution is 2.24. The van der Waals surface area contributed by atoms with Gasteiger partial charge < -0.3 is 9.64 Å². The minimum atomic E-state index is -0.194. The van der Waals surface area contributed by atoms with E-state index in [4.69, 9.17) is 4.74 Å². The molecule has 0 radical (unpaired) electrons. The minimum absolute atomic E-state index is 0.134. The first-order chi connectivity index (χ1) is 13.1. The van der Waals surface area contributed by atoms with Gasteiger partial charge in [-0.3, -0.25) is 15.6 Å². The lowest BCUT2D eigenvalue weighted by atomic mass is 9.99. The van der Waals surface area contributed by atoms with Gasteiger partial charge in [-0.2, -0.15) is 0 Å². The van der Waals surface area contributed by atoms with E-state index < -0.39 is 0 Å². The molecule has 3 rings (SSSR count). The molecule has 2 heterocycles. The molecule has 5 nitrogen and oxygen atoms in total. The zero-order valence-electron chi connectivity index (χ0n) is 16.3. The predicted octanol–water partition coefficient (Wildman–Crippen LogP) is 3.32. The van der Waals surface area contributed by atoms with Gasteiger partial charge in [0, 0.05) is 32.3 Å². The molecule has 0 spiro atoms. The summed E-state index contributed by atoms with van der Waals surface area (Å²) in [5.41, 5.74) is 7.79. The van der Waals surface area contributed by atoms with E-state index in [0.29, 0.717) is 12.5 Å². The number of nitrogens with zero attached hydrogens (tertiary/aromatic N) is 1. The van der Waals surface area contributed by atoms with E-state index in [9.17, 15) is 9.18 Å². The van der Waals surface area contributed by atoms with E-state index in [2.05, 4.69) is 10.9 Å². The number of hydrogen-bond donors (Lipinski definition) is 2. The first-order valence-electron chi connectivity index (χ1n) is 10.2. The van der Waals surface area contributed by atoms with Gasteiger partial charge in [0.05, 0.1) is 12.5 Å². The molecular weight excluding hydrogens is 345 g/mol. The molecule has 0 saturated carbocycles. The number of ether oxygens (including phenoxy) is 1. The maximum atomic E-state index is 13.0. The van der Waals surface area contributed by atoms with Crippen molar-refractivity contribution in [3.63, 3.8) is 0 Å². The van der Waals surface area contributed by atoms with Crippen LogP contribution in [0.2, 0.25) is 0 Å². The fraction of sp³-hybridized carbons (Fsp3) is 0.667. The summed E-state index contributed by atoms with van der Waals surface area (Å²) in [6.45, 7) is 1.62. The summed E-state index contributed by atoms with van der Waals surface area (Å²) in [4.78, 5) is 14.0. The topological polar surface area (TPSA) is 53.6 Å². The van der Waals surface area contributed by atoms with Crippen molar-refractivity contribution < 1.29 is 13.9 Å². The fourth-order valence-corrected chi connectivity index (χ4v) is 3.92. The molecule has 0 aliphatic carbocycles. The minimum Gasteiger partial charge on any atom is -0.378 e. The molecule has 2 aliphatic rings. The van der Waals surface area contributed by atoms with Gasteiger partial charge >= 0.3 is 0 Å². The van der Waals surface area contributed by atoms with Crippen molar-refractivity contribution in [1.82, 2.24) is 15.8 Å². The molecule has 1 aromatic carbocycles. The molecule has 3 atom stereocenters. The number of carbonyl (C=O) groups is 1. The van der Waals surface area contributed by atoms with E-state index >= 15 is 0 Å². The second kappa shape index (κ2) is 10.2. The SMILES string of the molecule is CN(CCCCCC1CC(c2ccc(F)cc2)NN1)C(=O)CC1CCCO1. The summed E-state index contributed by atoms with van der Waals surface area (Å²) in [6.07, 6.45) is 8.18. The van der Waals surface area contributed by atoms with Crippen LogP contribution < -0.4 is 10.9 Å². The molecule has 2 fully saturated rings. The number of benzene rings is 1. The monoisotopic (exact) mass is 377 g/mol. The average molecular weight is 378 g/mol. The van der Waals surface area contributed by atoms with Gasteiger partial charge in [0.1, 0.15) is 5.82 Å². The quantitative estimate of drug-likeness (QED) is 0.648. The molecule has 2 saturated heterocycles. The van der Waals surface area contributed by atoms with Crippen LogP contribution in [0, 0.1) is 5.82 Å². The van der Waals surface area contributed by atoms with Crippen molar-refractivity contribution in [2.24, 2.45) is 0 Å². The highest BCUT2D eigenvalue weighted by Gasteiger charge is 2.24. The summed E-state index contributed by atoms with van der Waals surface area (Å²) >= 11 is 0. The van der Waals surface area contributed by atoms with Crippen molar-refractivity contribution >= 4 is 5.91 Å². The Morgan fingerprint density at radius 3 is 2.78 bits per heavy atom. The summed E-state index contributed by atoms with van der Waals surface area (Å²) in [6, 6.07) is 7.42. The van der Waals surface area contributed by atoms with Crippen molar-refractivity contribution in [1.29, 1.82) is 0 Å². The summed E-state index contributed by atoms with van der Waals surface area (Å²) < 4.78 is 18.6. The predicted molar refractivity (Wildman–Crippen MR) is 104 cm³/mol. The third-order valence-corrected chi connectivity index (χ3v) is 5.65. The molecular formula is C21H32FN3O2. The zero-order chi connectivity index (χ0) is 19.1. The van der Waals surface area contributed by atoms with Crippen LogP contribution in [0.3, 0.4) is 0 Å². The van der Waals surface area contributed by atoms with Gasteiger partial charge in [-0.1, -0.05) is 25.0 Å². The van der Waals surface area contributed by atoms with Gasteiger partial charge in [-0.15, -0.1) is 0 Å². The van der Waals surface area contributed by atoms with Crippen LogP contribution in [0.4, 0.5) is 4.39 Å². The van der Waals surface area contributed by atoms with Crippen LogP contribution in [0.1, 0.15) is 63.0 Å². The highest BCUT2D eigenvalue weighted by molar-refractivity contribution is 5.76. The number of hydrazine groups is 1. The van der Waals surface area contributed by atoms with E-state index in [1.165, 1.54) is 12.1 Å². The standard InChI is InChI=1S/C21H32FN3O2/c1-25(21(26)15-19-7-5-13-27-19)12-4-2-3-6-18-14-20(24-23-18)16-8-10-17(22)11-9-16/h8-11,18-20,23-24H,2-7,12-15H2,1H3. The second-order valence-electron chi connectivity index (χ2n) is 7.83. The number of carbonyl (C=O) groups excluding carboxylic acids is 1. The molecule has 1 amide bonds. The number of hydrogen-bond acceptors (Lipinski definition) is 4. The number of amides is 1. The Kier molecular flexibility index (Phi) is 7.61. The lowest BCUT2D eigenvalue weighted by Gasteiger charge is -2.19. The summed E-state index contributed by atoms with van der Waals surface area (Å²) in [7, 11) is 1.90. The number of rotatable bonds is 9. The van der Waals surface area contributed by atoms with Crippen molar-refractivity contribution in [3.8, 4) is 0 Å². The number of nitrogens with one attached hydrogen (secondary N) is 2. The number of unbranched alkanes of at least 4 members (excludes halogenated alkanes) is 2. The molecule has 2 aliphatic heterocycles. The van der Waals surface area contributed by atoms with E-state index in [1.807, 2.05) is 24.1 Å². The maximum Gasteiger partial charge on any atom is 0.224 e. The summed E-state index contributed by atoms with van der Waals surface area (Å²) in [5.74, 6) is 0.00572. The number of halogens is 1. The molecule has 27 heavy (non-hydrogen) atoms. The Morgan fingerprint density at radius 2 is 2.04 bits per heavy atom. The van der Waals surface area contributed by atoms with Crippen LogP contribution in [0.15, 0.2) is 24.3 Å². The van der Waals surface area contributed by atoms with Crippen molar-refractivity contribution in [2.45, 2.75) is 69.6 Å². The molecule has 1 aromatic rings. The first kappa shape index (κ1) is 20.2. The third kappa shape index (κ3) is 6.26. The van der Waals surface area contributed by atoms with Gasteiger partial charge in [0.2, 0.25) is 5.91 Å². The molecule has 2 N–H and O–H groups in total. The van der Waals surface area contributed by atoms with Gasteiger partial charge in [0.15, 0.2) is 0 Å². The molecule has 0 bridgehead atoms. The van der Waals surface area contributed by atoms with Gasteiger partial charge in [-0.25, -0.2) is 4.39 Å². The molecule has 3 unspecified atom stereocenters. The van der Waals surface area contributed by atoms with Crippen molar-refractivity contribution in [2.75, 3.05) is 20.2 Å². The lowest BCUT2D eigenvalue weighted by molar-refractivity contribution is -0.132. The highest BCUT2D eigenvalue weighted by atomic mass is 19.1. The maximum absolute atomic E-state index is 13.0. The van der Waals surface area contributed by atoms with E-state index in [0.717, 1.165) is 63.7 Å². The Bertz CT molecular complexity index is 590. The first-order valence-corrected chi connectivity index (χ1v) is 10.2.